The summed E-state index contributed by atoms with van der Waals surface area (Å²) < 4.78 is 20.5. The minimum Gasteiger partial charge on any atom is -0.395 e. The zero-order chi connectivity index (χ0) is 9.28. The van der Waals surface area contributed by atoms with E-state index in [1.165, 1.54) is 0 Å². The molecule has 0 spiro atoms. The van der Waals surface area contributed by atoms with Crippen LogP contribution in [0.1, 0.15) is 0 Å². The monoisotopic (exact) mass is 252 g/mol. The molecule has 13 heavy (non-hydrogen) atoms. The average Bonchev–Trinajstić information content (AvgIpc) is 1.56. The molecule has 2 radical (unpaired) electrons. The van der Waals surface area contributed by atoms with Crippen LogP contribution < -0.4 is 0 Å². The number of aliphatic hydroxyl groups is 1. The van der Waals surface area contributed by atoms with Crippen molar-refractivity contribution in [3.63, 3.8) is 0 Å². The van der Waals surface area contributed by atoms with Crippen LogP contribution in [0, 0.1) is 0 Å². The molecule has 7 nitrogen and oxygen atoms in total. The van der Waals surface area contributed by atoms with E-state index in [-0.39, 0.29) is 59.1 Å². The molecule has 0 rings (SSSR count). The van der Waals surface area contributed by atoms with E-state index in [0.717, 1.165) is 0 Å². The van der Waals surface area contributed by atoms with Crippen LogP contribution in [0.3, 0.4) is 0 Å². The maximum atomic E-state index is 10.3. The second-order valence-corrected chi connectivity index (χ2v) is 5.85. The Morgan fingerprint density at radius 3 is 1.15 bits per heavy atom. The van der Waals surface area contributed by atoms with E-state index in [1.54, 1.807) is 0 Å². The van der Waals surface area contributed by atoms with Crippen LogP contribution in [0.2, 0.25) is 0 Å². The molecule has 0 heterocycles. The van der Waals surface area contributed by atoms with Gasteiger partial charge in [0.25, 0.3) is 0 Å². The minimum absolute atomic E-state index is 0. The molecule has 70 valence electrons. The Kier molecular flexibility index (Phi) is 11.9. The van der Waals surface area contributed by atoms with Crippen LogP contribution in [-0.2, 0) is 9.13 Å². The Bertz CT molecular complexity index is 197. The van der Waals surface area contributed by atoms with Crippen molar-refractivity contribution in [1.29, 1.82) is 0 Å². The van der Waals surface area contributed by atoms with Crippen molar-refractivity contribution in [2.75, 3.05) is 6.61 Å². The van der Waals surface area contributed by atoms with Crippen molar-refractivity contribution in [2.45, 2.75) is 5.40 Å². The maximum absolute atomic E-state index is 10.3. The van der Waals surface area contributed by atoms with Gasteiger partial charge >= 0.3 is 15.2 Å². The molecule has 0 aromatic rings. The van der Waals surface area contributed by atoms with Crippen molar-refractivity contribution >= 4 is 74.3 Å². The van der Waals surface area contributed by atoms with Gasteiger partial charge in [0.15, 0.2) is 5.40 Å². The Morgan fingerprint density at radius 1 is 0.923 bits per heavy atom. The fraction of sp³-hybridized carbons (Fsp3) is 1.00. The molecular weight excluding hydrogens is 244 g/mol. The van der Waals surface area contributed by atoms with E-state index < -0.39 is 27.2 Å². The third-order valence-electron chi connectivity index (χ3n) is 0.940. The first-order valence-corrected chi connectivity index (χ1v) is 5.77. The van der Waals surface area contributed by atoms with Crippen molar-refractivity contribution in [3.05, 3.63) is 0 Å². The second kappa shape index (κ2) is 7.52. The van der Waals surface area contributed by atoms with Gasteiger partial charge in [-0.1, -0.05) is 0 Å². The Hall–Kier alpha value is 2.26. The van der Waals surface area contributed by atoms with E-state index in [0.29, 0.717) is 0 Å². The fourth-order valence-corrected chi connectivity index (χ4v) is 2.40. The standard InChI is InChI=1S/C2H8O7P2.2Na/c3-1-2(10(4,5)6)11(7,8)9;;/h2-3H,1H2,(H2,4,5,6)(H2,7,8,9);;. The van der Waals surface area contributed by atoms with Gasteiger partial charge < -0.3 is 24.7 Å². The van der Waals surface area contributed by atoms with Gasteiger partial charge in [0.1, 0.15) is 0 Å². The third-order valence-corrected chi connectivity index (χ3v) is 4.62. The molecular formula is C2H8Na2O7P2. The zero-order valence-corrected chi connectivity index (χ0v) is 13.0. The fourth-order valence-electron chi connectivity index (χ4n) is 0.409. The van der Waals surface area contributed by atoms with Crippen LogP contribution in [0.25, 0.3) is 0 Å². The van der Waals surface area contributed by atoms with Gasteiger partial charge in [-0.25, -0.2) is 0 Å². The quantitative estimate of drug-likeness (QED) is 0.286. The topological polar surface area (TPSA) is 135 Å². The molecule has 0 saturated heterocycles. The van der Waals surface area contributed by atoms with Gasteiger partial charge in [-0.3, -0.25) is 9.13 Å². The molecule has 5 N–H and O–H groups in total. The van der Waals surface area contributed by atoms with E-state index in [2.05, 4.69) is 0 Å². The van der Waals surface area contributed by atoms with Gasteiger partial charge in [0, 0.05) is 59.1 Å². The third kappa shape index (κ3) is 8.11. The molecule has 0 fully saturated rings. The van der Waals surface area contributed by atoms with Crippen LogP contribution in [-0.4, -0.2) is 95.8 Å². The number of hydrogen-bond acceptors (Lipinski definition) is 3. The average molecular weight is 252 g/mol. The summed E-state index contributed by atoms with van der Waals surface area (Å²) in [5.41, 5.74) is 0. The number of aliphatic hydroxyl groups excluding tert-OH is 1. The Labute approximate surface area is 119 Å². The van der Waals surface area contributed by atoms with Crippen LogP contribution in [0.15, 0.2) is 0 Å². The SMILES string of the molecule is O=P(O)(O)C(CO)P(=O)(O)O.[Na].[Na]. The summed E-state index contributed by atoms with van der Waals surface area (Å²) in [6.45, 7) is -1.24. The predicted octanol–water partition coefficient (Wildman–Crippen LogP) is -2.10. The molecule has 0 saturated carbocycles. The number of rotatable bonds is 3. The summed E-state index contributed by atoms with van der Waals surface area (Å²) in [7, 11) is -9.82. The summed E-state index contributed by atoms with van der Waals surface area (Å²) in [6, 6.07) is 0. The Morgan fingerprint density at radius 2 is 1.15 bits per heavy atom. The van der Waals surface area contributed by atoms with Crippen molar-refractivity contribution in [1.82, 2.24) is 0 Å². The molecule has 0 unspecified atom stereocenters. The Balaban J connectivity index is -0.000000500. The first-order chi connectivity index (χ1) is 4.69. The molecule has 0 aliphatic heterocycles. The summed E-state index contributed by atoms with van der Waals surface area (Å²) in [5.74, 6) is 0. The summed E-state index contributed by atoms with van der Waals surface area (Å²) in [5, 5.41) is 5.92. The summed E-state index contributed by atoms with van der Waals surface area (Å²) in [4.78, 5) is 33.1. The smallest absolute Gasteiger partial charge is 0.343 e. The molecule has 0 aliphatic carbocycles. The van der Waals surface area contributed by atoms with Crippen LogP contribution in [0.4, 0.5) is 0 Å². The molecule has 0 aromatic carbocycles. The van der Waals surface area contributed by atoms with Crippen molar-refractivity contribution < 1.29 is 33.8 Å². The van der Waals surface area contributed by atoms with Gasteiger partial charge in [-0.2, -0.15) is 0 Å². The van der Waals surface area contributed by atoms with Crippen molar-refractivity contribution in [3.8, 4) is 0 Å². The van der Waals surface area contributed by atoms with Crippen molar-refractivity contribution in [2.24, 2.45) is 0 Å². The van der Waals surface area contributed by atoms with Gasteiger partial charge in [0.2, 0.25) is 0 Å². The second-order valence-electron chi connectivity index (χ2n) is 1.84. The minimum atomic E-state index is -4.91. The summed E-state index contributed by atoms with van der Waals surface area (Å²) >= 11 is 0. The molecule has 0 aliphatic rings. The zero-order valence-electron chi connectivity index (χ0n) is 7.23. The van der Waals surface area contributed by atoms with E-state index in [1.807, 2.05) is 0 Å². The van der Waals surface area contributed by atoms with Gasteiger partial charge in [-0.15, -0.1) is 0 Å². The normalized spacial score (nSPS) is 11.8. The number of hydrogen-bond donors (Lipinski definition) is 5. The van der Waals surface area contributed by atoms with E-state index >= 15 is 0 Å². The largest absolute Gasteiger partial charge is 0.395 e. The first kappa shape index (κ1) is 20.6. The van der Waals surface area contributed by atoms with E-state index in [9.17, 15) is 9.13 Å². The summed E-state index contributed by atoms with van der Waals surface area (Å²) in [6.07, 6.45) is 0. The molecule has 0 amide bonds. The van der Waals surface area contributed by atoms with Crippen LogP contribution >= 0.6 is 15.2 Å². The van der Waals surface area contributed by atoms with Gasteiger partial charge in [-0.05, 0) is 0 Å². The first-order valence-electron chi connectivity index (χ1n) is 2.41. The van der Waals surface area contributed by atoms with E-state index in [4.69, 9.17) is 24.7 Å². The van der Waals surface area contributed by atoms with Gasteiger partial charge in [0.05, 0.1) is 6.61 Å². The molecule has 11 heteroatoms. The predicted molar refractivity (Wildman–Crippen MR) is 46.5 cm³/mol. The molecule has 0 atom stereocenters. The maximum Gasteiger partial charge on any atom is 0.343 e. The molecule has 0 aromatic heterocycles. The van der Waals surface area contributed by atoms with Crippen LogP contribution in [0.5, 0.6) is 0 Å². The molecule has 0 bridgehead atoms.